The number of primary amides is 1. The highest BCUT2D eigenvalue weighted by Gasteiger charge is 2.40. The molecule has 1 heterocycles. The van der Waals surface area contributed by atoms with E-state index in [1.54, 1.807) is 0 Å². The lowest BCUT2D eigenvalue weighted by Gasteiger charge is -2.35. The molecule has 4 nitrogen and oxygen atoms in total. The fraction of sp³-hybridized carbons (Fsp3) is 0.909. The van der Waals surface area contributed by atoms with E-state index in [2.05, 4.69) is 6.92 Å². The molecular weight excluding hydrogens is 326 g/mol. The minimum Gasteiger partial charge on any atom is -0.461 e. The fourth-order valence-corrected chi connectivity index (χ4v) is 3.81. The fourth-order valence-electron chi connectivity index (χ4n) is 3.81. The Labute approximate surface area is 160 Å². The summed E-state index contributed by atoms with van der Waals surface area (Å²) in [4.78, 5) is 22.3. The molecule has 2 atom stereocenters. The van der Waals surface area contributed by atoms with Crippen molar-refractivity contribution in [3.8, 4) is 0 Å². The van der Waals surface area contributed by atoms with E-state index in [0.29, 0.717) is 6.42 Å². The van der Waals surface area contributed by atoms with E-state index in [9.17, 15) is 9.59 Å². The molecule has 1 fully saturated rings. The zero-order chi connectivity index (χ0) is 19.0. The van der Waals surface area contributed by atoms with Crippen LogP contribution in [0, 0.1) is 5.92 Å². The molecule has 0 unspecified atom stereocenters. The first-order chi connectivity index (χ1) is 12.6. The Bertz CT molecular complexity index is 384. The number of hydrogen-bond acceptors (Lipinski definition) is 3. The molecule has 0 radical (unpaired) electrons. The maximum absolute atomic E-state index is 11.6. The molecular formula is C22H41NO3. The van der Waals surface area contributed by atoms with Crippen LogP contribution in [0.3, 0.4) is 0 Å². The Morgan fingerprint density at radius 1 is 0.808 bits per heavy atom. The largest absolute Gasteiger partial charge is 0.461 e. The number of unbranched alkanes of at least 4 members (excludes halogenated alkanes) is 12. The maximum Gasteiger partial charge on any atom is 0.313 e. The van der Waals surface area contributed by atoms with Crippen LogP contribution in [0.5, 0.6) is 0 Å². The van der Waals surface area contributed by atoms with Gasteiger partial charge in [-0.2, -0.15) is 0 Å². The highest BCUT2D eigenvalue weighted by Crippen LogP contribution is 2.31. The third-order valence-corrected chi connectivity index (χ3v) is 5.55. The maximum atomic E-state index is 11.6. The van der Waals surface area contributed by atoms with Gasteiger partial charge in [0.05, 0.1) is 5.92 Å². The number of cyclic esters (lactones) is 1. The van der Waals surface area contributed by atoms with Gasteiger partial charge in [-0.25, -0.2) is 0 Å². The second-order valence-corrected chi connectivity index (χ2v) is 7.97. The summed E-state index contributed by atoms with van der Waals surface area (Å²) in [6, 6.07) is 0. The summed E-state index contributed by atoms with van der Waals surface area (Å²) in [6.07, 6.45) is 20.1. The zero-order valence-corrected chi connectivity index (χ0v) is 17.0. The molecule has 0 bridgehead atoms. The number of amides is 1. The molecule has 0 aliphatic carbocycles. The lowest BCUT2D eigenvalue weighted by molar-refractivity contribution is -0.186. The molecule has 0 aromatic carbocycles. The van der Waals surface area contributed by atoms with Crippen molar-refractivity contribution in [2.45, 2.75) is 122 Å². The van der Waals surface area contributed by atoms with Crippen LogP contribution in [0.1, 0.15) is 116 Å². The number of carbonyl (C=O) groups is 2. The smallest absolute Gasteiger partial charge is 0.313 e. The van der Waals surface area contributed by atoms with Crippen molar-refractivity contribution in [2.75, 3.05) is 0 Å². The normalized spacial score (nSPS) is 19.2. The van der Waals surface area contributed by atoms with Crippen LogP contribution < -0.4 is 5.73 Å². The van der Waals surface area contributed by atoms with Crippen LogP contribution in [0.4, 0.5) is 0 Å². The lowest BCUT2D eigenvalue weighted by Crippen LogP contribution is -2.44. The van der Waals surface area contributed by atoms with Gasteiger partial charge in [0.15, 0.2) is 0 Å². The number of esters is 1. The SMILES string of the molecule is CCCCCCCCCCCCC[C@H]1OC(=O)[C@H]1CCCCCC(N)=O. The summed E-state index contributed by atoms with van der Waals surface area (Å²) in [5.74, 6) is -0.151. The van der Waals surface area contributed by atoms with Crippen molar-refractivity contribution in [2.24, 2.45) is 11.7 Å². The Morgan fingerprint density at radius 3 is 1.85 bits per heavy atom. The van der Waals surface area contributed by atoms with E-state index in [-0.39, 0.29) is 23.9 Å². The van der Waals surface area contributed by atoms with Crippen LogP contribution in [0.15, 0.2) is 0 Å². The summed E-state index contributed by atoms with van der Waals surface area (Å²) in [7, 11) is 0. The summed E-state index contributed by atoms with van der Waals surface area (Å²) in [5, 5.41) is 0. The monoisotopic (exact) mass is 367 g/mol. The van der Waals surface area contributed by atoms with Crippen molar-refractivity contribution in [3.63, 3.8) is 0 Å². The van der Waals surface area contributed by atoms with Gasteiger partial charge in [0, 0.05) is 6.42 Å². The molecule has 0 saturated carbocycles. The Balaban J connectivity index is 1.90. The molecule has 1 saturated heterocycles. The lowest BCUT2D eigenvalue weighted by atomic mass is 9.87. The van der Waals surface area contributed by atoms with Crippen LogP contribution >= 0.6 is 0 Å². The van der Waals surface area contributed by atoms with Crippen LogP contribution in [0.25, 0.3) is 0 Å². The zero-order valence-electron chi connectivity index (χ0n) is 17.0. The van der Waals surface area contributed by atoms with Gasteiger partial charge in [0.1, 0.15) is 6.10 Å². The number of carbonyl (C=O) groups excluding carboxylic acids is 2. The van der Waals surface area contributed by atoms with E-state index in [4.69, 9.17) is 10.5 Å². The third kappa shape index (κ3) is 10.8. The Hall–Kier alpha value is -1.06. The molecule has 4 heteroatoms. The van der Waals surface area contributed by atoms with E-state index in [1.807, 2.05) is 0 Å². The van der Waals surface area contributed by atoms with Gasteiger partial charge < -0.3 is 10.5 Å². The summed E-state index contributed by atoms with van der Waals surface area (Å²) < 4.78 is 5.33. The van der Waals surface area contributed by atoms with Gasteiger partial charge in [-0.1, -0.05) is 84.0 Å². The molecule has 152 valence electrons. The number of rotatable bonds is 18. The molecule has 1 amide bonds. The van der Waals surface area contributed by atoms with Crippen LogP contribution in [-0.4, -0.2) is 18.0 Å². The highest BCUT2D eigenvalue weighted by atomic mass is 16.6. The minimum absolute atomic E-state index is 0.0204. The van der Waals surface area contributed by atoms with Gasteiger partial charge in [0.25, 0.3) is 0 Å². The molecule has 0 spiro atoms. The van der Waals surface area contributed by atoms with E-state index in [1.165, 1.54) is 70.6 Å². The number of nitrogens with two attached hydrogens (primary N) is 1. The van der Waals surface area contributed by atoms with Gasteiger partial charge >= 0.3 is 5.97 Å². The number of hydrogen-bond donors (Lipinski definition) is 1. The van der Waals surface area contributed by atoms with Crippen molar-refractivity contribution >= 4 is 11.9 Å². The summed E-state index contributed by atoms with van der Waals surface area (Å²) >= 11 is 0. The first-order valence-electron chi connectivity index (χ1n) is 11.1. The first-order valence-corrected chi connectivity index (χ1v) is 11.1. The molecule has 2 N–H and O–H groups in total. The van der Waals surface area contributed by atoms with Crippen molar-refractivity contribution < 1.29 is 14.3 Å². The second-order valence-electron chi connectivity index (χ2n) is 7.97. The van der Waals surface area contributed by atoms with E-state index < -0.39 is 0 Å². The van der Waals surface area contributed by atoms with Gasteiger partial charge in [-0.3, -0.25) is 9.59 Å². The average Bonchev–Trinajstić information content (AvgIpc) is 2.61. The summed E-state index contributed by atoms with van der Waals surface area (Å²) in [6.45, 7) is 2.26. The molecule has 0 aromatic rings. The molecule has 1 aliphatic heterocycles. The van der Waals surface area contributed by atoms with Crippen LogP contribution in [0.2, 0.25) is 0 Å². The standard InChI is InChI=1S/C22H41NO3/c1-2-3-4-5-6-7-8-9-10-11-14-17-20-19(22(25)26-20)16-13-12-15-18-21(23)24/h19-20H,2-18H2,1H3,(H2,23,24)/t19-,20+/m0/s1. The molecule has 1 aliphatic rings. The van der Waals surface area contributed by atoms with Crippen molar-refractivity contribution in [3.05, 3.63) is 0 Å². The quantitative estimate of drug-likeness (QED) is 0.251. The van der Waals surface area contributed by atoms with E-state index >= 15 is 0 Å². The topological polar surface area (TPSA) is 69.4 Å². The van der Waals surface area contributed by atoms with Crippen molar-refractivity contribution in [1.82, 2.24) is 0 Å². The van der Waals surface area contributed by atoms with Crippen LogP contribution in [-0.2, 0) is 14.3 Å². The Kier molecular flexibility index (Phi) is 13.3. The van der Waals surface area contributed by atoms with Gasteiger partial charge in [-0.05, 0) is 25.7 Å². The Morgan fingerprint density at radius 2 is 1.31 bits per heavy atom. The molecule has 1 rings (SSSR count). The molecule has 0 aromatic heterocycles. The molecule has 26 heavy (non-hydrogen) atoms. The van der Waals surface area contributed by atoms with E-state index in [0.717, 1.165) is 32.1 Å². The predicted octanol–water partition coefficient (Wildman–Crippen LogP) is 5.66. The minimum atomic E-state index is -0.234. The predicted molar refractivity (Wildman–Crippen MR) is 107 cm³/mol. The average molecular weight is 368 g/mol. The number of ether oxygens (including phenoxy) is 1. The summed E-state index contributed by atoms with van der Waals surface area (Å²) in [5.41, 5.74) is 5.13. The van der Waals surface area contributed by atoms with Gasteiger partial charge in [-0.15, -0.1) is 0 Å². The highest BCUT2D eigenvalue weighted by molar-refractivity contribution is 5.78. The second kappa shape index (κ2) is 15.0. The van der Waals surface area contributed by atoms with Crippen molar-refractivity contribution in [1.29, 1.82) is 0 Å². The first kappa shape index (κ1) is 23.0. The third-order valence-electron chi connectivity index (χ3n) is 5.55. The van der Waals surface area contributed by atoms with Gasteiger partial charge in [0.2, 0.25) is 5.91 Å².